The van der Waals surface area contributed by atoms with E-state index >= 15 is 0 Å². The maximum Gasteiger partial charge on any atom is 0.0784 e. The van der Waals surface area contributed by atoms with Crippen LogP contribution in [0.3, 0.4) is 0 Å². The second kappa shape index (κ2) is 2.67. The van der Waals surface area contributed by atoms with Gasteiger partial charge in [0, 0.05) is 6.54 Å². The smallest absolute Gasteiger partial charge is 0.0784 e. The average molecular weight is 152 g/mol. The first kappa shape index (κ1) is 7.68. The maximum absolute atomic E-state index is 5.61. The summed E-state index contributed by atoms with van der Waals surface area (Å²) in [5, 5.41) is 0. The van der Waals surface area contributed by atoms with Crippen molar-refractivity contribution in [2.75, 3.05) is 17.2 Å². The van der Waals surface area contributed by atoms with Gasteiger partial charge in [-0.05, 0) is 11.6 Å². The molecule has 0 heterocycles. The molecule has 4 nitrogen and oxygen atoms in total. The Morgan fingerprint density at radius 3 is 2.18 bits per heavy atom. The number of rotatable bonds is 1. The summed E-state index contributed by atoms with van der Waals surface area (Å²) in [5.41, 5.74) is 24.3. The Kier molecular flexibility index (Phi) is 1.87. The van der Waals surface area contributed by atoms with Crippen molar-refractivity contribution in [1.82, 2.24) is 0 Å². The molecular formula is C7H12N4. The molecule has 11 heavy (non-hydrogen) atoms. The van der Waals surface area contributed by atoms with Crippen LogP contribution in [0.15, 0.2) is 12.1 Å². The number of hydrogen-bond acceptors (Lipinski definition) is 4. The van der Waals surface area contributed by atoms with E-state index in [9.17, 15) is 0 Å². The summed E-state index contributed by atoms with van der Waals surface area (Å²) in [6, 6.07) is 3.48. The molecule has 0 atom stereocenters. The number of hydrogen-bond donors (Lipinski definition) is 4. The Balaban J connectivity index is 3.25. The maximum atomic E-state index is 5.61. The molecule has 0 unspecified atom stereocenters. The molecule has 0 aliphatic heterocycles. The zero-order valence-corrected chi connectivity index (χ0v) is 6.17. The van der Waals surface area contributed by atoms with Gasteiger partial charge < -0.3 is 22.9 Å². The Bertz CT molecular complexity index is 269. The van der Waals surface area contributed by atoms with Gasteiger partial charge in [-0.3, -0.25) is 0 Å². The van der Waals surface area contributed by atoms with Crippen LogP contribution >= 0.6 is 0 Å². The van der Waals surface area contributed by atoms with E-state index in [2.05, 4.69) is 0 Å². The fourth-order valence-electron chi connectivity index (χ4n) is 0.876. The van der Waals surface area contributed by atoms with Crippen molar-refractivity contribution in [2.45, 2.75) is 6.54 Å². The number of nitrogens with two attached hydrogens (primary N) is 4. The molecule has 1 rings (SSSR count). The monoisotopic (exact) mass is 152 g/mol. The van der Waals surface area contributed by atoms with Gasteiger partial charge in [0.2, 0.25) is 0 Å². The summed E-state index contributed by atoms with van der Waals surface area (Å²) in [6.07, 6.45) is 0. The first-order valence-electron chi connectivity index (χ1n) is 3.29. The molecule has 0 aromatic heterocycles. The van der Waals surface area contributed by atoms with Gasteiger partial charge in [-0.1, -0.05) is 6.07 Å². The Hall–Kier alpha value is -1.42. The van der Waals surface area contributed by atoms with Crippen molar-refractivity contribution >= 4 is 17.1 Å². The van der Waals surface area contributed by atoms with Crippen LogP contribution in [0.4, 0.5) is 17.1 Å². The van der Waals surface area contributed by atoms with E-state index in [0.29, 0.717) is 23.6 Å². The summed E-state index contributed by atoms with van der Waals surface area (Å²) in [7, 11) is 0. The molecular weight excluding hydrogens is 140 g/mol. The fourth-order valence-corrected chi connectivity index (χ4v) is 0.876. The van der Waals surface area contributed by atoms with Crippen LogP contribution in [0.1, 0.15) is 5.56 Å². The third-order valence-corrected chi connectivity index (χ3v) is 1.63. The van der Waals surface area contributed by atoms with Crippen LogP contribution in [0.5, 0.6) is 0 Å². The summed E-state index contributed by atoms with van der Waals surface area (Å²) < 4.78 is 0. The van der Waals surface area contributed by atoms with Gasteiger partial charge in [0.1, 0.15) is 0 Å². The quantitative estimate of drug-likeness (QED) is 0.421. The summed E-state index contributed by atoms with van der Waals surface area (Å²) in [4.78, 5) is 0. The molecule has 1 aromatic carbocycles. The van der Waals surface area contributed by atoms with Crippen LogP contribution in [0.25, 0.3) is 0 Å². The van der Waals surface area contributed by atoms with Gasteiger partial charge in [0.05, 0.1) is 17.1 Å². The molecule has 0 aliphatic rings. The van der Waals surface area contributed by atoms with E-state index < -0.39 is 0 Å². The van der Waals surface area contributed by atoms with Crippen LogP contribution in [0.2, 0.25) is 0 Å². The molecule has 0 radical (unpaired) electrons. The Morgan fingerprint density at radius 1 is 1.00 bits per heavy atom. The highest BCUT2D eigenvalue weighted by Crippen LogP contribution is 2.25. The minimum atomic E-state index is 0.385. The molecule has 1 aromatic rings. The minimum absolute atomic E-state index is 0.385. The lowest BCUT2D eigenvalue weighted by Crippen LogP contribution is -2.06. The first-order valence-corrected chi connectivity index (χ1v) is 3.29. The standard InChI is InChI=1S/C7H12N4/c8-3-4-1-2-5(9)7(11)6(4)10/h1-2H,3,8-11H2. The molecule has 4 heteroatoms. The van der Waals surface area contributed by atoms with Crippen molar-refractivity contribution in [3.63, 3.8) is 0 Å². The summed E-state index contributed by atoms with van der Waals surface area (Å²) in [5.74, 6) is 0. The normalized spacial score (nSPS) is 9.91. The molecule has 8 N–H and O–H groups in total. The predicted molar refractivity (Wildman–Crippen MR) is 47.6 cm³/mol. The third-order valence-electron chi connectivity index (χ3n) is 1.63. The summed E-state index contributed by atoms with van der Waals surface area (Å²) in [6.45, 7) is 0.385. The van der Waals surface area contributed by atoms with Gasteiger partial charge in [0.15, 0.2) is 0 Å². The molecule has 0 spiro atoms. The molecule has 0 saturated heterocycles. The molecule has 0 saturated carbocycles. The zero-order valence-electron chi connectivity index (χ0n) is 6.17. The highest BCUT2D eigenvalue weighted by molar-refractivity contribution is 5.79. The van der Waals surface area contributed by atoms with Gasteiger partial charge in [0.25, 0.3) is 0 Å². The fraction of sp³-hybridized carbons (Fsp3) is 0.143. The first-order chi connectivity index (χ1) is 5.16. The van der Waals surface area contributed by atoms with Crippen LogP contribution in [-0.4, -0.2) is 0 Å². The summed E-state index contributed by atoms with van der Waals surface area (Å²) >= 11 is 0. The van der Waals surface area contributed by atoms with E-state index in [-0.39, 0.29) is 0 Å². The highest BCUT2D eigenvalue weighted by atomic mass is 14.7. The van der Waals surface area contributed by atoms with Crippen molar-refractivity contribution in [2.24, 2.45) is 5.73 Å². The van der Waals surface area contributed by atoms with E-state index in [1.54, 1.807) is 12.1 Å². The molecule has 0 aliphatic carbocycles. The van der Waals surface area contributed by atoms with Crippen LogP contribution in [0, 0.1) is 0 Å². The Labute approximate surface area is 65.2 Å². The number of nitrogen functional groups attached to an aromatic ring is 3. The molecule has 0 bridgehead atoms. The lowest BCUT2D eigenvalue weighted by atomic mass is 10.1. The lowest BCUT2D eigenvalue weighted by molar-refractivity contribution is 1.08. The van der Waals surface area contributed by atoms with Crippen LogP contribution in [-0.2, 0) is 6.54 Å². The topological polar surface area (TPSA) is 104 Å². The van der Waals surface area contributed by atoms with Crippen molar-refractivity contribution in [3.05, 3.63) is 17.7 Å². The van der Waals surface area contributed by atoms with E-state index in [1.807, 2.05) is 0 Å². The number of benzene rings is 1. The minimum Gasteiger partial charge on any atom is -0.397 e. The molecule has 0 amide bonds. The zero-order chi connectivity index (χ0) is 8.43. The van der Waals surface area contributed by atoms with Crippen molar-refractivity contribution in [1.29, 1.82) is 0 Å². The van der Waals surface area contributed by atoms with Gasteiger partial charge in [-0.15, -0.1) is 0 Å². The predicted octanol–water partition coefficient (Wildman–Crippen LogP) is -0.108. The van der Waals surface area contributed by atoms with Gasteiger partial charge in [-0.25, -0.2) is 0 Å². The Morgan fingerprint density at radius 2 is 1.64 bits per heavy atom. The second-order valence-electron chi connectivity index (χ2n) is 2.35. The van der Waals surface area contributed by atoms with Gasteiger partial charge in [-0.2, -0.15) is 0 Å². The van der Waals surface area contributed by atoms with Crippen molar-refractivity contribution in [3.8, 4) is 0 Å². The van der Waals surface area contributed by atoms with Crippen molar-refractivity contribution < 1.29 is 0 Å². The highest BCUT2D eigenvalue weighted by Gasteiger charge is 2.02. The van der Waals surface area contributed by atoms with E-state index in [1.165, 1.54) is 0 Å². The third kappa shape index (κ3) is 1.20. The van der Waals surface area contributed by atoms with E-state index in [0.717, 1.165) is 5.56 Å². The van der Waals surface area contributed by atoms with Crippen LogP contribution < -0.4 is 22.9 Å². The van der Waals surface area contributed by atoms with E-state index in [4.69, 9.17) is 22.9 Å². The average Bonchev–Trinajstić information content (AvgIpc) is 2.01. The largest absolute Gasteiger partial charge is 0.397 e. The molecule has 60 valence electrons. The molecule has 0 fully saturated rings. The number of anilines is 3. The SMILES string of the molecule is NCc1ccc(N)c(N)c1N. The second-order valence-corrected chi connectivity index (χ2v) is 2.35. The lowest BCUT2D eigenvalue weighted by Gasteiger charge is -2.07. The van der Waals surface area contributed by atoms with Gasteiger partial charge >= 0.3 is 0 Å².